The van der Waals surface area contributed by atoms with Gasteiger partial charge in [0, 0.05) is 10.8 Å². The number of hydrogen-bond donors (Lipinski definition) is 6. The zero-order valence-corrected chi connectivity index (χ0v) is 14.3. The molecular weight excluding hydrogens is 360 g/mol. The Balaban J connectivity index is 1.55. The summed E-state index contributed by atoms with van der Waals surface area (Å²) in [4.78, 5) is 5.50. The minimum Gasteiger partial charge on any atom is -0.493 e. The molecule has 0 unspecified atom stereocenters. The molecule has 4 rings (SSSR count). The van der Waals surface area contributed by atoms with E-state index < -0.39 is 11.7 Å². The molecule has 6 N–H and O–H groups in total. The normalized spacial score (nSPS) is 11.9. The second kappa shape index (κ2) is 6.76. The highest BCUT2D eigenvalue weighted by molar-refractivity contribution is 6.38. The first-order chi connectivity index (χ1) is 13.5. The van der Waals surface area contributed by atoms with Crippen LogP contribution in [0, 0.1) is 10.8 Å². The number of azo groups is 2. The Morgan fingerprint density at radius 3 is 1.50 bits per heavy atom. The fraction of sp³-hybridized carbons (Fsp3) is 0. The first kappa shape index (κ1) is 17.1. The number of nitrogens with one attached hydrogen (secondary N) is 4. The number of benzene rings is 2. The Kier molecular flexibility index (Phi) is 4.13. The van der Waals surface area contributed by atoms with Crippen molar-refractivity contribution in [2.45, 2.75) is 0 Å². The number of hydrogen-bond acceptors (Lipinski definition) is 6. The Labute approximate surface area is 157 Å². The van der Waals surface area contributed by atoms with Crippen molar-refractivity contribution in [3.63, 3.8) is 0 Å². The fourth-order valence-electron chi connectivity index (χ4n) is 2.72. The summed E-state index contributed by atoms with van der Waals surface area (Å²) >= 11 is 0. The molecule has 0 bridgehead atoms. The van der Waals surface area contributed by atoms with Crippen LogP contribution in [-0.4, -0.2) is 31.9 Å². The first-order valence-corrected chi connectivity index (χ1v) is 8.15. The highest BCUT2D eigenvalue weighted by atomic mass is 16.3. The maximum atomic E-state index is 9.94. The molecule has 0 saturated carbocycles. The Bertz CT molecular complexity index is 1180. The van der Waals surface area contributed by atoms with Crippen LogP contribution >= 0.6 is 0 Å². The first-order valence-electron chi connectivity index (χ1n) is 8.15. The molecule has 10 nitrogen and oxygen atoms in total. The fourth-order valence-corrected chi connectivity index (χ4v) is 2.72. The smallest absolute Gasteiger partial charge is 0.218 e. The zero-order valence-electron chi connectivity index (χ0n) is 14.3. The van der Waals surface area contributed by atoms with Crippen LogP contribution in [0.5, 0.6) is 11.8 Å². The molecule has 0 aliphatic rings. The highest BCUT2D eigenvalue weighted by Gasteiger charge is 2.12. The third kappa shape index (κ3) is 2.98. The van der Waals surface area contributed by atoms with E-state index >= 15 is 0 Å². The maximum absolute atomic E-state index is 9.94. The largest absolute Gasteiger partial charge is 0.493 e. The van der Waals surface area contributed by atoms with Gasteiger partial charge in [0.2, 0.25) is 23.4 Å². The molecule has 4 aromatic rings. The predicted molar refractivity (Wildman–Crippen MR) is 104 cm³/mol. The van der Waals surface area contributed by atoms with Crippen LogP contribution < -0.4 is 0 Å². The van der Waals surface area contributed by atoms with Crippen LogP contribution in [0.2, 0.25) is 0 Å². The Morgan fingerprint density at radius 1 is 0.679 bits per heavy atom. The van der Waals surface area contributed by atoms with Crippen LogP contribution in [0.15, 0.2) is 69.0 Å². The van der Waals surface area contributed by atoms with Crippen molar-refractivity contribution in [3.05, 3.63) is 48.5 Å². The lowest BCUT2D eigenvalue weighted by Gasteiger charge is -1.94. The molecule has 0 amide bonds. The molecule has 138 valence electrons. The average Bonchev–Trinajstić information content (AvgIpc) is 3.19. The number of fused-ring (bicyclic) bond motifs is 2. The molecule has 10 heteroatoms. The Hall–Kier alpha value is -4.34. The number of aromatic amines is 2. The number of aromatic hydroxyl groups is 2. The topological polar surface area (TPSA) is 169 Å². The average molecular weight is 374 g/mol. The van der Waals surface area contributed by atoms with Crippen molar-refractivity contribution < 1.29 is 10.2 Å². The minimum atomic E-state index is -0.548. The van der Waals surface area contributed by atoms with E-state index in [9.17, 15) is 10.2 Å². The summed E-state index contributed by atoms with van der Waals surface area (Å²) in [6.07, 6.45) is 0. The third-order valence-corrected chi connectivity index (χ3v) is 4.04. The van der Waals surface area contributed by atoms with Crippen LogP contribution in [-0.2, 0) is 0 Å². The Morgan fingerprint density at radius 2 is 1.07 bits per heavy atom. The summed E-state index contributed by atoms with van der Waals surface area (Å²) in [6, 6.07) is 14.2. The van der Waals surface area contributed by atoms with E-state index in [1.54, 1.807) is 48.5 Å². The number of rotatable bonds is 2. The van der Waals surface area contributed by atoms with Gasteiger partial charge in [-0.15, -0.1) is 20.5 Å². The van der Waals surface area contributed by atoms with Gasteiger partial charge in [0.1, 0.15) is 0 Å². The molecule has 0 spiro atoms. The lowest BCUT2D eigenvalue weighted by Crippen LogP contribution is -2.04. The van der Waals surface area contributed by atoms with Gasteiger partial charge in [0.25, 0.3) is 0 Å². The molecule has 0 aliphatic heterocycles. The van der Waals surface area contributed by atoms with E-state index in [1.165, 1.54) is 0 Å². The molecule has 0 aliphatic carbocycles. The van der Waals surface area contributed by atoms with E-state index in [2.05, 4.69) is 30.4 Å². The standard InChI is InChI=1S/C18H14N8O2/c19-15(25-23-13-9-5-1-3-7-11(9)21-17(13)27)16(20)26-24-14-10-6-2-4-8-12(10)22-18(14)28/h1-8,19-22,27-28H. The summed E-state index contributed by atoms with van der Waals surface area (Å²) in [6.45, 7) is 0. The summed E-state index contributed by atoms with van der Waals surface area (Å²) in [5, 5.41) is 51.8. The van der Waals surface area contributed by atoms with Gasteiger partial charge in [0.05, 0.1) is 11.0 Å². The molecule has 2 aromatic heterocycles. The van der Waals surface area contributed by atoms with Crippen molar-refractivity contribution in [3.8, 4) is 11.8 Å². The van der Waals surface area contributed by atoms with Gasteiger partial charge in [-0.05, 0) is 12.1 Å². The number of amidine groups is 2. The second-order valence-electron chi connectivity index (χ2n) is 5.83. The molecular formula is C18H14N8O2. The molecule has 2 aromatic carbocycles. The molecule has 0 radical (unpaired) electrons. The number of nitrogens with zero attached hydrogens (tertiary/aromatic N) is 4. The quantitative estimate of drug-likeness (QED) is 0.167. The van der Waals surface area contributed by atoms with Gasteiger partial charge in [-0.2, -0.15) is 0 Å². The van der Waals surface area contributed by atoms with Crippen molar-refractivity contribution in [1.29, 1.82) is 10.8 Å². The van der Waals surface area contributed by atoms with Crippen molar-refractivity contribution in [2.75, 3.05) is 0 Å². The molecule has 28 heavy (non-hydrogen) atoms. The van der Waals surface area contributed by atoms with Gasteiger partial charge in [-0.1, -0.05) is 36.4 Å². The zero-order chi connectivity index (χ0) is 19.7. The van der Waals surface area contributed by atoms with Crippen molar-refractivity contribution in [1.82, 2.24) is 9.97 Å². The van der Waals surface area contributed by atoms with Crippen LogP contribution in [0.1, 0.15) is 0 Å². The van der Waals surface area contributed by atoms with Crippen molar-refractivity contribution >= 4 is 44.9 Å². The SMILES string of the molecule is N=C(N=Nc1c(O)[nH]c2ccccc12)C(=N)N=Nc1c(O)[nH]c2ccccc12. The van der Waals surface area contributed by atoms with E-state index in [0.29, 0.717) is 21.8 Å². The number of H-pyrrole nitrogens is 2. The van der Waals surface area contributed by atoms with E-state index in [4.69, 9.17) is 10.8 Å². The minimum absolute atomic E-state index is 0.166. The summed E-state index contributed by atoms with van der Waals surface area (Å²) in [5.74, 6) is -1.47. The van der Waals surface area contributed by atoms with E-state index in [1.807, 2.05) is 0 Å². The van der Waals surface area contributed by atoms with Crippen LogP contribution in [0.4, 0.5) is 11.4 Å². The molecule has 0 fully saturated rings. The monoisotopic (exact) mass is 374 g/mol. The van der Waals surface area contributed by atoms with Crippen molar-refractivity contribution in [2.24, 2.45) is 20.5 Å². The molecule has 2 heterocycles. The maximum Gasteiger partial charge on any atom is 0.218 e. The molecule has 0 saturated heterocycles. The number of aromatic nitrogens is 2. The van der Waals surface area contributed by atoms with Gasteiger partial charge < -0.3 is 20.2 Å². The lowest BCUT2D eigenvalue weighted by atomic mass is 10.2. The predicted octanol–water partition coefficient (Wildman–Crippen LogP) is 4.88. The highest BCUT2D eigenvalue weighted by Crippen LogP contribution is 2.36. The third-order valence-electron chi connectivity index (χ3n) is 4.04. The summed E-state index contributed by atoms with van der Waals surface area (Å²) < 4.78 is 0. The van der Waals surface area contributed by atoms with Gasteiger partial charge in [-0.25, -0.2) is 0 Å². The van der Waals surface area contributed by atoms with Crippen LogP contribution in [0.3, 0.4) is 0 Å². The van der Waals surface area contributed by atoms with Crippen LogP contribution in [0.25, 0.3) is 21.8 Å². The van der Waals surface area contributed by atoms with E-state index in [-0.39, 0.29) is 23.1 Å². The number of para-hydroxylation sites is 2. The summed E-state index contributed by atoms with van der Waals surface area (Å²) in [7, 11) is 0. The van der Waals surface area contributed by atoms with Gasteiger partial charge in [-0.3, -0.25) is 10.8 Å². The van der Waals surface area contributed by atoms with E-state index in [0.717, 1.165) is 0 Å². The summed E-state index contributed by atoms with van der Waals surface area (Å²) in [5.41, 5.74) is 1.67. The molecule has 0 atom stereocenters. The lowest BCUT2D eigenvalue weighted by molar-refractivity contribution is 0.459. The van der Waals surface area contributed by atoms with Gasteiger partial charge >= 0.3 is 0 Å². The van der Waals surface area contributed by atoms with Gasteiger partial charge in [0.15, 0.2) is 11.4 Å². The second-order valence-corrected chi connectivity index (χ2v) is 5.83.